The van der Waals surface area contributed by atoms with Gasteiger partial charge in [-0.3, -0.25) is 4.90 Å². The lowest BCUT2D eigenvalue weighted by molar-refractivity contribution is 0.245. The second-order valence-electron chi connectivity index (χ2n) is 4.71. The van der Waals surface area contributed by atoms with Crippen LogP contribution in [0.5, 0.6) is 0 Å². The Balaban J connectivity index is 2.61. The van der Waals surface area contributed by atoms with Crippen LogP contribution in [0.25, 0.3) is 0 Å². The molecular weight excluding hydrogens is 254 g/mol. The van der Waals surface area contributed by atoms with Gasteiger partial charge in [0.2, 0.25) is 0 Å². The summed E-state index contributed by atoms with van der Waals surface area (Å²) in [6.07, 6.45) is 3.36. The molecule has 1 unspecified atom stereocenters. The lowest BCUT2D eigenvalue weighted by Gasteiger charge is -2.24. The van der Waals surface area contributed by atoms with E-state index in [4.69, 9.17) is 5.11 Å². The van der Waals surface area contributed by atoms with E-state index in [9.17, 15) is 0 Å². The number of nitrogens with zero attached hydrogens (tertiary/aromatic N) is 1. The van der Waals surface area contributed by atoms with Gasteiger partial charge in [-0.15, -0.1) is 0 Å². The minimum absolute atomic E-state index is 0.0875. The van der Waals surface area contributed by atoms with Gasteiger partial charge in [0, 0.05) is 18.2 Å². The Hall–Kier alpha value is -0.950. The normalized spacial score (nSPS) is 12.1. The first kappa shape index (κ1) is 16.1. The number of hydrogen-bond donors (Lipinski definition) is 1. The zero-order chi connectivity index (χ0) is 14.1. The SMILES string of the molecule is CSCCC(C)N(C)Cc1cccc(C#CCO)c1. The lowest BCUT2D eigenvalue weighted by atomic mass is 10.1. The second-order valence-corrected chi connectivity index (χ2v) is 5.69. The molecule has 0 fully saturated rings. The van der Waals surface area contributed by atoms with E-state index in [1.807, 2.05) is 23.9 Å². The van der Waals surface area contributed by atoms with Crippen LogP contribution < -0.4 is 0 Å². The van der Waals surface area contributed by atoms with Gasteiger partial charge in [0.1, 0.15) is 6.61 Å². The first-order valence-corrected chi connectivity index (χ1v) is 7.94. The van der Waals surface area contributed by atoms with Gasteiger partial charge in [-0.2, -0.15) is 11.8 Å². The highest BCUT2D eigenvalue weighted by atomic mass is 32.2. The Morgan fingerprint density at radius 3 is 2.89 bits per heavy atom. The molecule has 1 atom stereocenters. The van der Waals surface area contributed by atoms with Crippen LogP contribution in [-0.4, -0.2) is 41.7 Å². The molecule has 0 amide bonds. The van der Waals surface area contributed by atoms with E-state index in [0.717, 1.165) is 12.1 Å². The summed E-state index contributed by atoms with van der Waals surface area (Å²) in [4.78, 5) is 2.37. The fraction of sp³-hybridized carbons (Fsp3) is 0.500. The van der Waals surface area contributed by atoms with Gasteiger partial charge in [0.05, 0.1) is 0 Å². The molecular formula is C16H23NOS. The number of hydrogen-bond acceptors (Lipinski definition) is 3. The van der Waals surface area contributed by atoms with Crippen molar-refractivity contribution in [2.24, 2.45) is 0 Å². The predicted molar refractivity (Wildman–Crippen MR) is 84.3 cm³/mol. The van der Waals surface area contributed by atoms with Crippen LogP contribution in [0.2, 0.25) is 0 Å². The van der Waals surface area contributed by atoms with Crippen LogP contribution >= 0.6 is 11.8 Å². The zero-order valence-electron chi connectivity index (χ0n) is 12.0. The van der Waals surface area contributed by atoms with E-state index in [2.05, 4.69) is 49.1 Å². The summed E-state index contributed by atoms with van der Waals surface area (Å²) >= 11 is 1.90. The number of thioether (sulfide) groups is 1. The maximum atomic E-state index is 8.71. The highest BCUT2D eigenvalue weighted by molar-refractivity contribution is 7.98. The molecule has 0 radical (unpaired) electrons. The smallest absolute Gasteiger partial charge is 0.104 e. The summed E-state index contributed by atoms with van der Waals surface area (Å²) in [5.41, 5.74) is 2.24. The number of aliphatic hydroxyl groups excluding tert-OH is 1. The highest BCUT2D eigenvalue weighted by Gasteiger charge is 2.09. The van der Waals surface area contributed by atoms with Crippen molar-refractivity contribution in [2.75, 3.05) is 25.7 Å². The Bertz CT molecular complexity index is 436. The zero-order valence-corrected chi connectivity index (χ0v) is 12.8. The summed E-state index contributed by atoms with van der Waals surface area (Å²) in [5, 5.41) is 8.71. The molecule has 1 aromatic carbocycles. The molecule has 0 spiro atoms. The van der Waals surface area contributed by atoms with Crippen molar-refractivity contribution in [1.82, 2.24) is 4.90 Å². The van der Waals surface area contributed by atoms with Crippen LogP contribution in [0.15, 0.2) is 24.3 Å². The van der Waals surface area contributed by atoms with Crippen molar-refractivity contribution >= 4 is 11.8 Å². The third-order valence-electron chi connectivity index (χ3n) is 3.16. The molecule has 3 heteroatoms. The minimum atomic E-state index is -0.0875. The van der Waals surface area contributed by atoms with Gasteiger partial charge < -0.3 is 5.11 Å². The van der Waals surface area contributed by atoms with Crippen LogP contribution in [0.1, 0.15) is 24.5 Å². The van der Waals surface area contributed by atoms with E-state index in [1.54, 1.807) is 0 Å². The Morgan fingerprint density at radius 2 is 2.21 bits per heavy atom. The molecule has 0 aromatic heterocycles. The summed E-state index contributed by atoms with van der Waals surface area (Å²) in [6, 6.07) is 8.81. The van der Waals surface area contributed by atoms with E-state index in [0.29, 0.717) is 6.04 Å². The molecule has 0 heterocycles. The average molecular weight is 277 g/mol. The lowest BCUT2D eigenvalue weighted by Crippen LogP contribution is -2.29. The summed E-state index contributed by atoms with van der Waals surface area (Å²) in [5.74, 6) is 6.84. The van der Waals surface area contributed by atoms with E-state index in [-0.39, 0.29) is 6.61 Å². The molecule has 19 heavy (non-hydrogen) atoms. The maximum Gasteiger partial charge on any atom is 0.104 e. The van der Waals surface area contributed by atoms with Crippen LogP contribution in [-0.2, 0) is 6.54 Å². The summed E-state index contributed by atoms with van der Waals surface area (Å²) in [6.45, 7) is 3.12. The Labute approximate surface area is 121 Å². The number of rotatable bonds is 6. The minimum Gasteiger partial charge on any atom is -0.384 e. The van der Waals surface area contributed by atoms with Crippen molar-refractivity contribution in [1.29, 1.82) is 0 Å². The molecule has 0 aliphatic carbocycles. The molecule has 0 saturated carbocycles. The molecule has 0 bridgehead atoms. The van der Waals surface area contributed by atoms with Gasteiger partial charge in [0.25, 0.3) is 0 Å². The van der Waals surface area contributed by atoms with Crippen molar-refractivity contribution in [2.45, 2.75) is 25.9 Å². The fourth-order valence-electron chi connectivity index (χ4n) is 1.84. The van der Waals surface area contributed by atoms with E-state index >= 15 is 0 Å². The van der Waals surface area contributed by atoms with Crippen molar-refractivity contribution in [3.8, 4) is 11.8 Å². The standard InChI is InChI=1S/C16H23NOS/c1-14(9-11-19-3)17(2)13-16-7-4-6-15(12-16)8-5-10-18/h4,6-7,12,14,18H,9-11,13H2,1-3H3. The topological polar surface area (TPSA) is 23.5 Å². The number of aliphatic hydroxyl groups is 1. The van der Waals surface area contributed by atoms with Gasteiger partial charge in [0.15, 0.2) is 0 Å². The van der Waals surface area contributed by atoms with Gasteiger partial charge in [-0.05, 0) is 50.1 Å². The average Bonchev–Trinajstić information content (AvgIpc) is 2.42. The summed E-state index contributed by atoms with van der Waals surface area (Å²) < 4.78 is 0. The third kappa shape index (κ3) is 6.15. The molecule has 0 aliphatic rings. The van der Waals surface area contributed by atoms with E-state index in [1.165, 1.54) is 17.7 Å². The molecule has 104 valence electrons. The Morgan fingerprint density at radius 1 is 1.42 bits per heavy atom. The largest absolute Gasteiger partial charge is 0.384 e. The number of benzene rings is 1. The fourth-order valence-corrected chi connectivity index (χ4v) is 2.42. The highest BCUT2D eigenvalue weighted by Crippen LogP contribution is 2.12. The van der Waals surface area contributed by atoms with Crippen molar-refractivity contribution in [3.05, 3.63) is 35.4 Å². The van der Waals surface area contributed by atoms with E-state index < -0.39 is 0 Å². The molecule has 2 nitrogen and oxygen atoms in total. The van der Waals surface area contributed by atoms with Crippen molar-refractivity contribution < 1.29 is 5.11 Å². The van der Waals surface area contributed by atoms with Crippen LogP contribution in [0.3, 0.4) is 0 Å². The molecule has 1 aromatic rings. The van der Waals surface area contributed by atoms with Crippen molar-refractivity contribution in [3.63, 3.8) is 0 Å². The molecule has 1 rings (SSSR count). The maximum absolute atomic E-state index is 8.71. The summed E-state index contributed by atoms with van der Waals surface area (Å²) in [7, 11) is 2.16. The molecule has 0 saturated heterocycles. The van der Waals surface area contributed by atoms with Gasteiger partial charge >= 0.3 is 0 Å². The van der Waals surface area contributed by atoms with Crippen LogP contribution in [0, 0.1) is 11.8 Å². The molecule has 1 N–H and O–H groups in total. The van der Waals surface area contributed by atoms with Gasteiger partial charge in [-0.25, -0.2) is 0 Å². The second kappa shape index (κ2) is 9.03. The van der Waals surface area contributed by atoms with Gasteiger partial charge in [-0.1, -0.05) is 24.0 Å². The monoisotopic (exact) mass is 277 g/mol. The predicted octanol–water partition coefficient (Wildman–Crippen LogP) is 2.60. The quantitative estimate of drug-likeness (QED) is 0.809. The third-order valence-corrected chi connectivity index (χ3v) is 3.81. The molecule has 0 aliphatic heterocycles. The Kier molecular flexibility index (Phi) is 7.66. The first-order valence-electron chi connectivity index (χ1n) is 6.55. The first-order chi connectivity index (χ1) is 9.17. The van der Waals surface area contributed by atoms with Crippen LogP contribution in [0.4, 0.5) is 0 Å².